The molecule has 10 heavy (non-hydrogen) atoms. The van der Waals surface area contributed by atoms with E-state index in [1.54, 1.807) is 6.07 Å². The van der Waals surface area contributed by atoms with E-state index in [2.05, 4.69) is 9.97 Å². The first kappa shape index (κ1) is 10.2. The number of nitrogens with zero attached hydrogens (tertiary/aromatic N) is 2. The molecule has 0 fully saturated rings. The summed E-state index contributed by atoms with van der Waals surface area (Å²) in [4.78, 5) is 7.40. The first-order valence-electron chi connectivity index (χ1n) is 2.34. The van der Waals surface area contributed by atoms with Gasteiger partial charge in [0.05, 0.1) is 7.11 Å². The predicted molar refractivity (Wildman–Crippen MR) is 34.7 cm³/mol. The Bertz CT molecular complexity index is 213. The molecule has 0 atom stereocenters. The second-order valence-corrected chi connectivity index (χ2v) is 1.77. The number of rotatable bonds is 1. The van der Waals surface area contributed by atoms with Gasteiger partial charge in [-0.2, -0.15) is 0 Å². The second kappa shape index (κ2) is 4.91. The third-order valence-electron chi connectivity index (χ3n) is 0.818. The van der Waals surface area contributed by atoms with Gasteiger partial charge in [0, 0.05) is 6.07 Å². The Labute approximate surface area is 87.6 Å². The summed E-state index contributed by atoms with van der Waals surface area (Å²) in [5.41, 5.74) is 0. The van der Waals surface area contributed by atoms with E-state index in [-0.39, 0.29) is 31.0 Å². The van der Waals surface area contributed by atoms with Crippen molar-refractivity contribution in [2.45, 2.75) is 0 Å². The Hall–Kier alpha value is 0.170. The minimum atomic E-state index is 0. The number of halogens is 1. The number of methoxy groups -OCH3 is 1. The van der Waals surface area contributed by atoms with Crippen molar-refractivity contribution in [1.29, 1.82) is 0 Å². The van der Waals surface area contributed by atoms with Crippen molar-refractivity contribution < 1.29 is 35.7 Å². The van der Waals surface area contributed by atoms with Crippen molar-refractivity contribution >= 4 is 11.6 Å². The van der Waals surface area contributed by atoms with Crippen molar-refractivity contribution in [2.24, 2.45) is 0 Å². The van der Waals surface area contributed by atoms with Crippen molar-refractivity contribution in [1.82, 2.24) is 9.97 Å². The average molecular weight is 169 g/mol. The normalized spacial score (nSPS) is 8.20. The van der Waals surface area contributed by atoms with Crippen LogP contribution in [0, 0.1) is 0 Å². The molecular formula is C5H6ClN2NaO. The van der Waals surface area contributed by atoms with Crippen LogP contribution >= 0.6 is 11.6 Å². The molecule has 1 aromatic heterocycles. The first-order chi connectivity index (χ1) is 4.33. The molecule has 0 aromatic carbocycles. The Morgan fingerprint density at radius 3 is 2.70 bits per heavy atom. The maximum Gasteiger partial charge on any atom is 1.00 e. The predicted octanol–water partition coefficient (Wildman–Crippen LogP) is -1.74. The van der Waals surface area contributed by atoms with Crippen molar-refractivity contribution in [2.75, 3.05) is 7.11 Å². The van der Waals surface area contributed by atoms with Gasteiger partial charge in [-0.05, 0) is 0 Å². The van der Waals surface area contributed by atoms with Gasteiger partial charge < -0.3 is 6.16 Å². The third kappa shape index (κ3) is 2.84. The molecule has 0 spiro atoms. The van der Waals surface area contributed by atoms with Crippen LogP contribution in [-0.2, 0) is 0 Å². The van der Waals surface area contributed by atoms with E-state index in [0.717, 1.165) is 0 Å². The maximum absolute atomic E-state index is 5.49. The molecule has 0 bridgehead atoms. The van der Waals surface area contributed by atoms with Gasteiger partial charge in [-0.15, -0.1) is 0 Å². The molecule has 1 aromatic rings. The fourth-order valence-corrected chi connectivity index (χ4v) is 0.566. The summed E-state index contributed by atoms with van der Waals surface area (Å²) in [7, 11) is 1.53. The number of hydrogen-bond donors (Lipinski definition) is 0. The van der Waals surface area contributed by atoms with Gasteiger partial charge in [-0.3, -0.25) is 0 Å². The fourth-order valence-electron chi connectivity index (χ4n) is 0.429. The van der Waals surface area contributed by atoms with Gasteiger partial charge in [0.25, 0.3) is 0 Å². The average Bonchev–Trinajstić information content (AvgIpc) is 1.88. The Kier molecular flexibility index (Phi) is 4.99. The molecule has 0 aliphatic rings. The van der Waals surface area contributed by atoms with Crippen LogP contribution in [0.1, 0.15) is 1.43 Å². The summed E-state index contributed by atoms with van der Waals surface area (Å²) in [6, 6.07) is 1.54. The summed E-state index contributed by atoms with van der Waals surface area (Å²) in [5, 5.41) is 0.391. The Morgan fingerprint density at radius 1 is 1.60 bits per heavy atom. The van der Waals surface area contributed by atoms with Gasteiger partial charge in [0.15, 0.2) is 0 Å². The molecule has 0 amide bonds. The van der Waals surface area contributed by atoms with Gasteiger partial charge in [-0.25, -0.2) is 9.97 Å². The monoisotopic (exact) mass is 168 g/mol. The smallest absolute Gasteiger partial charge is 1.00 e. The summed E-state index contributed by atoms with van der Waals surface area (Å²) in [6.45, 7) is 0. The zero-order valence-corrected chi connectivity index (χ0v) is 8.59. The van der Waals surface area contributed by atoms with Gasteiger partial charge in [-0.1, -0.05) is 11.6 Å². The summed E-state index contributed by atoms with van der Waals surface area (Å²) in [6.07, 6.45) is 1.35. The third-order valence-corrected chi connectivity index (χ3v) is 1.02. The molecule has 3 nitrogen and oxygen atoms in total. The Morgan fingerprint density at radius 2 is 2.30 bits per heavy atom. The van der Waals surface area contributed by atoms with E-state index >= 15 is 0 Å². The molecule has 0 N–H and O–H groups in total. The van der Waals surface area contributed by atoms with Crippen LogP contribution in [0.4, 0.5) is 0 Å². The molecule has 0 aliphatic carbocycles. The van der Waals surface area contributed by atoms with Gasteiger partial charge in [0.1, 0.15) is 11.5 Å². The zero-order chi connectivity index (χ0) is 6.69. The quantitative estimate of drug-likeness (QED) is 0.369. The molecule has 1 heterocycles. The van der Waals surface area contributed by atoms with Gasteiger partial charge in [0.2, 0.25) is 5.88 Å². The van der Waals surface area contributed by atoms with Crippen LogP contribution in [0.5, 0.6) is 5.88 Å². The molecule has 0 radical (unpaired) electrons. The Balaban J connectivity index is 0. The van der Waals surface area contributed by atoms with Crippen molar-refractivity contribution in [3.05, 3.63) is 17.5 Å². The van der Waals surface area contributed by atoms with Crippen LogP contribution in [0.25, 0.3) is 0 Å². The first-order valence-corrected chi connectivity index (χ1v) is 2.72. The SMILES string of the molecule is COc1cc(Cl)ncn1.[H-].[Na+]. The van der Waals surface area contributed by atoms with Crippen LogP contribution in [-0.4, -0.2) is 17.1 Å². The molecule has 0 saturated carbocycles. The topological polar surface area (TPSA) is 35.0 Å². The largest absolute Gasteiger partial charge is 1.00 e. The van der Waals surface area contributed by atoms with Crippen molar-refractivity contribution in [3.63, 3.8) is 0 Å². The molecule has 1 rings (SSSR count). The van der Waals surface area contributed by atoms with Crippen molar-refractivity contribution in [3.8, 4) is 5.88 Å². The van der Waals surface area contributed by atoms with E-state index < -0.39 is 0 Å². The van der Waals surface area contributed by atoms with E-state index in [0.29, 0.717) is 11.0 Å². The zero-order valence-electron chi connectivity index (χ0n) is 6.84. The summed E-state index contributed by atoms with van der Waals surface area (Å²) in [5.74, 6) is 0.481. The minimum Gasteiger partial charge on any atom is -1.00 e. The van der Waals surface area contributed by atoms with Crippen LogP contribution in [0.2, 0.25) is 5.15 Å². The van der Waals surface area contributed by atoms with Crippen LogP contribution < -0.4 is 34.3 Å². The van der Waals surface area contributed by atoms with E-state index in [4.69, 9.17) is 16.3 Å². The second-order valence-electron chi connectivity index (χ2n) is 1.38. The molecule has 50 valence electrons. The molecular weight excluding hydrogens is 163 g/mol. The minimum absolute atomic E-state index is 0. The van der Waals surface area contributed by atoms with Gasteiger partial charge >= 0.3 is 29.6 Å². The molecule has 5 heteroatoms. The number of ether oxygens (including phenoxy) is 1. The van der Waals surface area contributed by atoms with E-state index in [1.165, 1.54) is 13.4 Å². The molecule has 0 aliphatic heterocycles. The van der Waals surface area contributed by atoms with E-state index in [1.807, 2.05) is 0 Å². The van der Waals surface area contributed by atoms with E-state index in [9.17, 15) is 0 Å². The summed E-state index contributed by atoms with van der Waals surface area (Å²) < 4.78 is 4.76. The number of hydrogen-bond acceptors (Lipinski definition) is 3. The van der Waals surface area contributed by atoms with Crippen LogP contribution in [0.3, 0.4) is 0 Å². The standard InChI is InChI=1S/C5H5ClN2O.Na.H/c1-9-5-2-4(6)7-3-8-5;;/h2-3H,1H3;;/q;+1;-1. The fraction of sp³-hybridized carbons (Fsp3) is 0.200. The molecule has 0 unspecified atom stereocenters. The maximum atomic E-state index is 5.49. The number of aromatic nitrogens is 2. The van der Waals surface area contributed by atoms with Crippen LogP contribution in [0.15, 0.2) is 12.4 Å². The summed E-state index contributed by atoms with van der Waals surface area (Å²) >= 11 is 5.49. The molecule has 0 saturated heterocycles.